The molecular weight excluding hydrogens is 223 g/mol. The van der Waals surface area contributed by atoms with Gasteiger partial charge < -0.3 is 9.84 Å². The van der Waals surface area contributed by atoms with Gasteiger partial charge in [-0.1, -0.05) is 18.2 Å². The minimum atomic E-state index is -1.23. The van der Waals surface area contributed by atoms with E-state index in [-0.39, 0.29) is 30.3 Å². The summed E-state index contributed by atoms with van der Waals surface area (Å²) < 4.78 is 18.4. The average molecular weight is 238 g/mol. The molecule has 0 spiro atoms. The van der Waals surface area contributed by atoms with Gasteiger partial charge in [0.05, 0.1) is 18.6 Å². The molecule has 1 saturated carbocycles. The number of rotatable bonds is 2. The zero-order valence-electron chi connectivity index (χ0n) is 9.87. The van der Waals surface area contributed by atoms with Gasteiger partial charge in [-0.2, -0.15) is 0 Å². The number of hydrogen-bond donors (Lipinski definition) is 1. The lowest BCUT2D eigenvalue weighted by atomic mass is 9.67. The SMILES string of the molecule is COC(=O)C1CC(O)(c2cccc(C)c2F)C1. The number of hydrogen-bond acceptors (Lipinski definition) is 3. The maximum Gasteiger partial charge on any atom is 0.308 e. The molecule has 0 unspecified atom stereocenters. The predicted octanol–water partition coefficient (Wildman–Crippen LogP) is 1.90. The monoisotopic (exact) mass is 238 g/mol. The Bertz CT molecular complexity index is 450. The summed E-state index contributed by atoms with van der Waals surface area (Å²) in [5, 5.41) is 10.3. The van der Waals surface area contributed by atoms with Crippen LogP contribution in [0.1, 0.15) is 24.0 Å². The first-order chi connectivity index (χ1) is 7.98. The van der Waals surface area contributed by atoms with Crippen LogP contribution in [0.25, 0.3) is 0 Å². The molecule has 0 bridgehead atoms. The Morgan fingerprint density at radius 3 is 2.76 bits per heavy atom. The van der Waals surface area contributed by atoms with E-state index >= 15 is 0 Å². The molecule has 0 amide bonds. The minimum absolute atomic E-state index is 0.222. The summed E-state index contributed by atoms with van der Waals surface area (Å²) in [7, 11) is 1.31. The third kappa shape index (κ3) is 1.93. The molecule has 0 aromatic heterocycles. The van der Waals surface area contributed by atoms with Crippen LogP contribution in [0.5, 0.6) is 0 Å². The molecule has 92 valence electrons. The van der Waals surface area contributed by atoms with Gasteiger partial charge in [-0.15, -0.1) is 0 Å². The highest BCUT2D eigenvalue weighted by Gasteiger charge is 2.49. The molecule has 1 aliphatic carbocycles. The van der Waals surface area contributed by atoms with Crippen LogP contribution in [0.4, 0.5) is 4.39 Å². The number of ether oxygens (including phenoxy) is 1. The van der Waals surface area contributed by atoms with Crippen LogP contribution < -0.4 is 0 Å². The quantitative estimate of drug-likeness (QED) is 0.800. The molecule has 1 N–H and O–H groups in total. The predicted molar refractivity (Wildman–Crippen MR) is 59.8 cm³/mol. The van der Waals surface area contributed by atoms with Crippen molar-refractivity contribution in [2.75, 3.05) is 7.11 Å². The Labute approximate surface area is 99.2 Å². The topological polar surface area (TPSA) is 46.5 Å². The third-order valence-corrected chi connectivity index (χ3v) is 3.40. The molecular formula is C13H15FO3. The Morgan fingerprint density at radius 1 is 1.53 bits per heavy atom. The van der Waals surface area contributed by atoms with E-state index in [2.05, 4.69) is 4.74 Å². The molecule has 1 aromatic carbocycles. The van der Waals surface area contributed by atoms with E-state index < -0.39 is 11.4 Å². The summed E-state index contributed by atoms with van der Waals surface area (Å²) in [5.41, 5.74) is -0.454. The van der Waals surface area contributed by atoms with Crippen molar-refractivity contribution in [2.24, 2.45) is 5.92 Å². The smallest absolute Gasteiger partial charge is 0.308 e. The highest BCUT2D eigenvalue weighted by atomic mass is 19.1. The lowest BCUT2D eigenvalue weighted by Gasteiger charge is -2.42. The van der Waals surface area contributed by atoms with Gasteiger partial charge >= 0.3 is 5.97 Å². The lowest BCUT2D eigenvalue weighted by Crippen LogP contribution is -2.45. The zero-order chi connectivity index (χ0) is 12.6. The van der Waals surface area contributed by atoms with Crippen molar-refractivity contribution < 1.29 is 19.0 Å². The standard InChI is InChI=1S/C13H15FO3/c1-8-4-3-5-10(11(8)14)13(16)6-9(7-13)12(15)17-2/h3-5,9,16H,6-7H2,1-2H3. The second-order valence-corrected chi connectivity index (χ2v) is 4.60. The first-order valence-electron chi connectivity index (χ1n) is 5.54. The highest BCUT2D eigenvalue weighted by Crippen LogP contribution is 2.47. The lowest BCUT2D eigenvalue weighted by molar-refractivity contribution is -0.163. The molecule has 4 heteroatoms. The zero-order valence-corrected chi connectivity index (χ0v) is 9.87. The van der Waals surface area contributed by atoms with Crippen molar-refractivity contribution in [3.05, 3.63) is 35.1 Å². The van der Waals surface area contributed by atoms with Crippen LogP contribution >= 0.6 is 0 Å². The molecule has 0 atom stereocenters. The summed E-state index contributed by atoms with van der Waals surface area (Å²) in [6, 6.07) is 4.92. The first kappa shape index (κ1) is 12.0. The fraction of sp³-hybridized carbons (Fsp3) is 0.462. The number of methoxy groups -OCH3 is 1. The van der Waals surface area contributed by atoms with Crippen molar-refractivity contribution >= 4 is 5.97 Å². The van der Waals surface area contributed by atoms with E-state index in [1.165, 1.54) is 7.11 Å². The highest BCUT2D eigenvalue weighted by molar-refractivity contribution is 5.74. The van der Waals surface area contributed by atoms with Crippen molar-refractivity contribution in [1.82, 2.24) is 0 Å². The Kier molecular flexibility index (Phi) is 2.91. The van der Waals surface area contributed by atoms with Crippen molar-refractivity contribution in [1.29, 1.82) is 0 Å². The van der Waals surface area contributed by atoms with Crippen LogP contribution in [-0.4, -0.2) is 18.2 Å². The molecule has 0 heterocycles. The molecule has 1 aromatic rings. The van der Waals surface area contributed by atoms with E-state index in [1.54, 1.807) is 25.1 Å². The normalized spacial score (nSPS) is 27.4. The van der Waals surface area contributed by atoms with Crippen LogP contribution in [-0.2, 0) is 15.1 Å². The molecule has 0 saturated heterocycles. The van der Waals surface area contributed by atoms with Crippen LogP contribution in [0, 0.1) is 18.7 Å². The molecule has 2 rings (SSSR count). The first-order valence-corrected chi connectivity index (χ1v) is 5.54. The summed E-state index contributed by atoms with van der Waals surface area (Å²) >= 11 is 0. The largest absolute Gasteiger partial charge is 0.469 e. The maximum absolute atomic E-state index is 13.9. The second-order valence-electron chi connectivity index (χ2n) is 4.60. The minimum Gasteiger partial charge on any atom is -0.469 e. The van der Waals surface area contributed by atoms with Crippen LogP contribution in [0.2, 0.25) is 0 Å². The molecule has 3 nitrogen and oxygen atoms in total. The van der Waals surface area contributed by atoms with E-state index in [9.17, 15) is 14.3 Å². The van der Waals surface area contributed by atoms with Gasteiger partial charge in [0.15, 0.2) is 0 Å². The Balaban J connectivity index is 2.20. The number of aryl methyl sites for hydroxylation is 1. The van der Waals surface area contributed by atoms with Gasteiger partial charge in [0.2, 0.25) is 0 Å². The summed E-state index contributed by atoms with van der Waals surface area (Å²) in [4.78, 5) is 11.2. The summed E-state index contributed by atoms with van der Waals surface area (Å²) in [6.45, 7) is 1.65. The summed E-state index contributed by atoms with van der Waals surface area (Å²) in [6.07, 6.45) is 0.445. The molecule has 0 radical (unpaired) electrons. The number of halogens is 1. The van der Waals surface area contributed by atoms with E-state index in [0.717, 1.165) is 0 Å². The van der Waals surface area contributed by atoms with Crippen molar-refractivity contribution in [3.8, 4) is 0 Å². The fourth-order valence-electron chi connectivity index (χ4n) is 2.32. The van der Waals surface area contributed by atoms with Gasteiger partial charge in [0, 0.05) is 5.56 Å². The number of carbonyl (C=O) groups is 1. The molecule has 17 heavy (non-hydrogen) atoms. The summed E-state index contributed by atoms with van der Waals surface area (Å²) in [5.74, 6) is -1.06. The van der Waals surface area contributed by atoms with Gasteiger partial charge in [0.1, 0.15) is 5.82 Å². The second kappa shape index (κ2) is 4.11. The van der Waals surface area contributed by atoms with Crippen molar-refractivity contribution in [2.45, 2.75) is 25.4 Å². The van der Waals surface area contributed by atoms with Gasteiger partial charge in [-0.05, 0) is 25.3 Å². The van der Waals surface area contributed by atoms with Gasteiger partial charge in [0.25, 0.3) is 0 Å². The van der Waals surface area contributed by atoms with Crippen LogP contribution in [0.15, 0.2) is 18.2 Å². The van der Waals surface area contributed by atoms with E-state index in [4.69, 9.17) is 0 Å². The van der Waals surface area contributed by atoms with E-state index in [0.29, 0.717) is 5.56 Å². The van der Waals surface area contributed by atoms with Crippen molar-refractivity contribution in [3.63, 3.8) is 0 Å². The average Bonchev–Trinajstić information content (AvgIpc) is 2.27. The Hall–Kier alpha value is -1.42. The number of aliphatic hydroxyl groups is 1. The van der Waals surface area contributed by atoms with E-state index in [1.807, 2.05) is 0 Å². The third-order valence-electron chi connectivity index (χ3n) is 3.40. The molecule has 0 aliphatic heterocycles. The fourth-order valence-corrected chi connectivity index (χ4v) is 2.32. The van der Waals surface area contributed by atoms with Gasteiger partial charge in [-0.3, -0.25) is 4.79 Å². The molecule has 1 fully saturated rings. The number of benzene rings is 1. The van der Waals surface area contributed by atoms with Gasteiger partial charge in [-0.25, -0.2) is 4.39 Å². The number of carbonyl (C=O) groups excluding carboxylic acids is 1. The molecule has 1 aliphatic rings. The maximum atomic E-state index is 13.9. The Morgan fingerprint density at radius 2 is 2.18 bits per heavy atom. The number of esters is 1. The van der Waals surface area contributed by atoms with Crippen LogP contribution in [0.3, 0.4) is 0 Å².